The normalized spacial score (nSPS) is 13.6. The van der Waals surface area contributed by atoms with Crippen LogP contribution in [0.15, 0.2) is 18.2 Å². The first-order valence-electron chi connectivity index (χ1n) is 5.78. The zero-order valence-electron chi connectivity index (χ0n) is 11.2. The number of anilines is 1. The SMILES string of the molecule is COc1ccc(NC(=O)C(C)C(C)N)c(OC)c1. The van der Waals surface area contributed by atoms with Crippen molar-refractivity contribution in [2.75, 3.05) is 19.5 Å². The van der Waals surface area contributed by atoms with Crippen molar-refractivity contribution in [3.63, 3.8) is 0 Å². The van der Waals surface area contributed by atoms with E-state index in [1.807, 2.05) is 0 Å². The lowest BCUT2D eigenvalue weighted by atomic mass is 10.0. The number of carbonyl (C=O) groups excluding carboxylic acids is 1. The summed E-state index contributed by atoms with van der Waals surface area (Å²) in [5.74, 6) is 0.829. The van der Waals surface area contributed by atoms with Crippen molar-refractivity contribution in [3.8, 4) is 11.5 Å². The van der Waals surface area contributed by atoms with Gasteiger partial charge < -0.3 is 20.5 Å². The Morgan fingerprint density at radius 1 is 1.28 bits per heavy atom. The molecule has 1 aromatic carbocycles. The van der Waals surface area contributed by atoms with Crippen LogP contribution in [0.4, 0.5) is 5.69 Å². The minimum Gasteiger partial charge on any atom is -0.497 e. The molecule has 0 aliphatic rings. The first kappa shape index (κ1) is 14.3. The maximum atomic E-state index is 11.9. The fourth-order valence-electron chi connectivity index (χ4n) is 1.39. The highest BCUT2D eigenvalue weighted by Gasteiger charge is 2.18. The molecule has 1 rings (SSSR count). The fourth-order valence-corrected chi connectivity index (χ4v) is 1.39. The lowest BCUT2D eigenvalue weighted by Crippen LogP contribution is -2.34. The molecule has 0 spiro atoms. The molecular formula is C13H20N2O3. The smallest absolute Gasteiger partial charge is 0.228 e. The average molecular weight is 252 g/mol. The van der Waals surface area contributed by atoms with Crippen molar-refractivity contribution in [2.45, 2.75) is 19.9 Å². The first-order chi connectivity index (χ1) is 8.49. The maximum absolute atomic E-state index is 11.9. The lowest BCUT2D eigenvalue weighted by molar-refractivity contribution is -0.119. The van der Waals surface area contributed by atoms with E-state index in [-0.39, 0.29) is 17.9 Å². The van der Waals surface area contributed by atoms with E-state index < -0.39 is 0 Å². The van der Waals surface area contributed by atoms with Crippen molar-refractivity contribution >= 4 is 11.6 Å². The summed E-state index contributed by atoms with van der Waals surface area (Å²) in [7, 11) is 3.12. The van der Waals surface area contributed by atoms with Crippen LogP contribution in [0.5, 0.6) is 11.5 Å². The summed E-state index contributed by atoms with van der Waals surface area (Å²) >= 11 is 0. The van der Waals surface area contributed by atoms with E-state index in [0.717, 1.165) is 0 Å². The number of amides is 1. The van der Waals surface area contributed by atoms with Crippen molar-refractivity contribution in [2.24, 2.45) is 11.7 Å². The maximum Gasteiger partial charge on any atom is 0.228 e. The Kier molecular flexibility index (Phi) is 4.97. The molecule has 2 atom stereocenters. The molecule has 100 valence electrons. The van der Waals surface area contributed by atoms with E-state index in [9.17, 15) is 4.79 Å². The minimum atomic E-state index is -0.267. The summed E-state index contributed by atoms with van der Waals surface area (Å²) in [5.41, 5.74) is 6.30. The van der Waals surface area contributed by atoms with Gasteiger partial charge in [-0.05, 0) is 19.1 Å². The molecule has 18 heavy (non-hydrogen) atoms. The second-order valence-electron chi connectivity index (χ2n) is 4.20. The molecule has 1 amide bonds. The third-order valence-electron chi connectivity index (χ3n) is 2.87. The Balaban J connectivity index is 2.87. The highest BCUT2D eigenvalue weighted by Crippen LogP contribution is 2.29. The molecule has 5 nitrogen and oxygen atoms in total. The van der Waals surface area contributed by atoms with E-state index in [1.54, 1.807) is 46.3 Å². The Labute approximate surface area is 107 Å². The van der Waals surface area contributed by atoms with Crippen LogP contribution in [0.1, 0.15) is 13.8 Å². The van der Waals surface area contributed by atoms with Crippen LogP contribution in [-0.4, -0.2) is 26.2 Å². The van der Waals surface area contributed by atoms with Gasteiger partial charge in [-0.1, -0.05) is 6.92 Å². The van der Waals surface area contributed by atoms with Gasteiger partial charge in [-0.2, -0.15) is 0 Å². The second kappa shape index (κ2) is 6.26. The summed E-state index contributed by atoms with van der Waals surface area (Å²) < 4.78 is 10.3. The Morgan fingerprint density at radius 3 is 2.44 bits per heavy atom. The van der Waals surface area contributed by atoms with Crippen molar-refractivity contribution in [1.82, 2.24) is 0 Å². The van der Waals surface area contributed by atoms with Crippen molar-refractivity contribution < 1.29 is 14.3 Å². The van der Waals surface area contributed by atoms with Crippen LogP contribution in [0.2, 0.25) is 0 Å². The molecule has 3 N–H and O–H groups in total. The minimum absolute atomic E-state index is 0.131. The van der Waals surface area contributed by atoms with Gasteiger partial charge in [0.25, 0.3) is 0 Å². The molecule has 0 radical (unpaired) electrons. The van der Waals surface area contributed by atoms with Gasteiger partial charge in [0, 0.05) is 12.1 Å². The van der Waals surface area contributed by atoms with Crippen LogP contribution in [0.25, 0.3) is 0 Å². The number of benzene rings is 1. The average Bonchev–Trinajstić information content (AvgIpc) is 2.37. The quantitative estimate of drug-likeness (QED) is 0.835. The number of hydrogen-bond donors (Lipinski definition) is 2. The van der Waals surface area contributed by atoms with Gasteiger partial charge in [-0.25, -0.2) is 0 Å². The second-order valence-corrected chi connectivity index (χ2v) is 4.20. The van der Waals surface area contributed by atoms with Gasteiger partial charge in [0.2, 0.25) is 5.91 Å². The Bertz CT molecular complexity index is 419. The molecule has 5 heteroatoms. The van der Waals surface area contributed by atoms with Gasteiger partial charge >= 0.3 is 0 Å². The molecule has 0 bridgehead atoms. The highest BCUT2D eigenvalue weighted by molar-refractivity contribution is 5.94. The number of ether oxygens (including phenoxy) is 2. The molecule has 2 unspecified atom stereocenters. The largest absolute Gasteiger partial charge is 0.497 e. The number of methoxy groups -OCH3 is 2. The number of rotatable bonds is 5. The number of carbonyl (C=O) groups is 1. The van der Waals surface area contributed by atoms with E-state index in [2.05, 4.69) is 5.32 Å². The molecule has 0 heterocycles. The molecule has 0 saturated heterocycles. The summed E-state index contributed by atoms with van der Waals surface area (Å²) in [6, 6.07) is 5.01. The predicted octanol–water partition coefficient (Wildman–Crippen LogP) is 1.63. The van der Waals surface area contributed by atoms with Crippen LogP contribution in [-0.2, 0) is 4.79 Å². The van der Waals surface area contributed by atoms with Crippen molar-refractivity contribution in [3.05, 3.63) is 18.2 Å². The summed E-state index contributed by atoms with van der Waals surface area (Å²) in [4.78, 5) is 11.9. The van der Waals surface area contributed by atoms with Gasteiger partial charge in [0.15, 0.2) is 0 Å². The number of nitrogens with one attached hydrogen (secondary N) is 1. The van der Waals surface area contributed by atoms with E-state index >= 15 is 0 Å². The Morgan fingerprint density at radius 2 is 1.94 bits per heavy atom. The molecule has 0 fully saturated rings. The first-order valence-corrected chi connectivity index (χ1v) is 5.78. The van der Waals surface area contributed by atoms with Gasteiger partial charge in [0.1, 0.15) is 11.5 Å². The van der Waals surface area contributed by atoms with Crippen LogP contribution < -0.4 is 20.5 Å². The van der Waals surface area contributed by atoms with Gasteiger partial charge in [-0.3, -0.25) is 4.79 Å². The molecule has 0 aliphatic carbocycles. The zero-order valence-corrected chi connectivity index (χ0v) is 11.2. The summed E-state index contributed by atoms with van der Waals surface area (Å²) in [6.07, 6.45) is 0. The van der Waals surface area contributed by atoms with E-state index in [1.165, 1.54) is 0 Å². The molecule has 0 saturated carbocycles. The molecule has 1 aromatic rings. The van der Waals surface area contributed by atoms with Gasteiger partial charge in [-0.15, -0.1) is 0 Å². The summed E-state index contributed by atoms with van der Waals surface area (Å²) in [6.45, 7) is 3.59. The third kappa shape index (κ3) is 3.37. The molecular weight excluding hydrogens is 232 g/mol. The monoisotopic (exact) mass is 252 g/mol. The highest BCUT2D eigenvalue weighted by atomic mass is 16.5. The molecule has 0 aliphatic heterocycles. The van der Waals surface area contributed by atoms with Crippen LogP contribution in [0.3, 0.4) is 0 Å². The van der Waals surface area contributed by atoms with Gasteiger partial charge in [0.05, 0.1) is 25.8 Å². The third-order valence-corrected chi connectivity index (χ3v) is 2.87. The number of nitrogens with two attached hydrogens (primary N) is 1. The fraction of sp³-hybridized carbons (Fsp3) is 0.462. The predicted molar refractivity (Wildman–Crippen MR) is 71.0 cm³/mol. The summed E-state index contributed by atoms with van der Waals surface area (Å²) in [5, 5.41) is 2.79. The Hall–Kier alpha value is -1.75. The number of hydrogen-bond acceptors (Lipinski definition) is 4. The van der Waals surface area contributed by atoms with Crippen LogP contribution >= 0.6 is 0 Å². The standard InChI is InChI=1S/C13H20N2O3/c1-8(9(2)14)13(16)15-11-6-5-10(17-3)7-12(11)18-4/h5-9H,14H2,1-4H3,(H,15,16). The zero-order chi connectivity index (χ0) is 13.7. The van der Waals surface area contributed by atoms with Crippen molar-refractivity contribution in [1.29, 1.82) is 0 Å². The van der Waals surface area contributed by atoms with E-state index in [4.69, 9.17) is 15.2 Å². The van der Waals surface area contributed by atoms with Crippen LogP contribution in [0, 0.1) is 5.92 Å². The topological polar surface area (TPSA) is 73.6 Å². The molecule has 0 aromatic heterocycles. The van der Waals surface area contributed by atoms with E-state index in [0.29, 0.717) is 17.2 Å². The lowest BCUT2D eigenvalue weighted by Gasteiger charge is -2.17.